The summed E-state index contributed by atoms with van der Waals surface area (Å²) >= 11 is 1.91. The summed E-state index contributed by atoms with van der Waals surface area (Å²) in [4.78, 5) is 1.38. The second-order valence-corrected chi connectivity index (χ2v) is 7.06. The van der Waals surface area contributed by atoms with Gasteiger partial charge in [0.25, 0.3) is 0 Å². The first-order valence-corrected chi connectivity index (χ1v) is 8.45. The van der Waals surface area contributed by atoms with Crippen molar-refractivity contribution in [3.05, 3.63) is 59.2 Å². The molecule has 0 fully saturated rings. The van der Waals surface area contributed by atoms with Crippen LogP contribution in [0.5, 0.6) is 5.75 Å². The highest BCUT2D eigenvalue weighted by atomic mass is 32.2. The molecule has 0 radical (unpaired) electrons. The molecule has 0 amide bonds. The van der Waals surface area contributed by atoms with Gasteiger partial charge in [-0.05, 0) is 36.5 Å². The van der Waals surface area contributed by atoms with Crippen LogP contribution in [0.4, 0.5) is 0 Å². The molecule has 0 spiro atoms. The zero-order valence-electron chi connectivity index (χ0n) is 11.9. The summed E-state index contributed by atoms with van der Waals surface area (Å²) in [6.45, 7) is 0.814. The van der Waals surface area contributed by atoms with Crippen molar-refractivity contribution < 1.29 is 4.74 Å². The Bertz CT molecular complexity index is 645. The van der Waals surface area contributed by atoms with E-state index in [-0.39, 0.29) is 6.04 Å². The minimum atomic E-state index is 0.0236. The molecule has 2 aliphatic rings. The molecule has 0 aliphatic carbocycles. The number of para-hydroxylation sites is 1. The van der Waals surface area contributed by atoms with Gasteiger partial charge in [0.1, 0.15) is 5.75 Å². The van der Waals surface area contributed by atoms with E-state index >= 15 is 0 Å². The van der Waals surface area contributed by atoms with E-state index in [2.05, 4.69) is 42.5 Å². The fraction of sp³-hybridized carbons (Fsp3) is 0.333. The summed E-state index contributed by atoms with van der Waals surface area (Å²) in [5, 5.41) is 0.402. The van der Waals surface area contributed by atoms with Gasteiger partial charge in [-0.25, -0.2) is 0 Å². The van der Waals surface area contributed by atoms with Crippen LogP contribution in [0.15, 0.2) is 47.4 Å². The highest BCUT2D eigenvalue weighted by Crippen LogP contribution is 2.44. The lowest BCUT2D eigenvalue weighted by Gasteiger charge is -2.25. The maximum atomic E-state index is 6.60. The van der Waals surface area contributed by atoms with E-state index in [0.29, 0.717) is 5.25 Å². The number of ether oxygens (including phenoxy) is 1. The molecule has 108 valence electrons. The Morgan fingerprint density at radius 1 is 1.10 bits per heavy atom. The lowest BCUT2D eigenvalue weighted by molar-refractivity contribution is 0.283. The van der Waals surface area contributed by atoms with Gasteiger partial charge in [0.15, 0.2) is 0 Å². The highest BCUT2D eigenvalue weighted by Gasteiger charge is 2.30. The number of rotatable bonds is 2. The number of hydrogen-bond donors (Lipinski definition) is 1. The van der Waals surface area contributed by atoms with Crippen LogP contribution in [0.25, 0.3) is 0 Å². The third-order valence-corrected chi connectivity index (χ3v) is 5.81. The summed E-state index contributed by atoms with van der Waals surface area (Å²) in [5.41, 5.74) is 10.5. The van der Waals surface area contributed by atoms with Gasteiger partial charge in [0, 0.05) is 21.8 Å². The summed E-state index contributed by atoms with van der Waals surface area (Å²) < 4.78 is 5.92. The number of aryl methyl sites for hydroxylation is 1. The largest absolute Gasteiger partial charge is 0.493 e. The topological polar surface area (TPSA) is 35.2 Å². The van der Waals surface area contributed by atoms with Gasteiger partial charge in [0.05, 0.1) is 6.61 Å². The molecule has 4 rings (SSSR count). The van der Waals surface area contributed by atoms with Gasteiger partial charge in [-0.3, -0.25) is 0 Å². The molecular formula is C18H19NOS. The normalized spacial score (nSPS) is 21.3. The van der Waals surface area contributed by atoms with E-state index in [1.165, 1.54) is 21.6 Å². The average molecular weight is 297 g/mol. The lowest BCUT2D eigenvalue weighted by Crippen LogP contribution is -2.25. The Hall–Kier alpha value is -1.45. The lowest BCUT2D eigenvalue weighted by atomic mass is 9.94. The van der Waals surface area contributed by atoms with Crippen LogP contribution in [0.1, 0.15) is 29.2 Å². The van der Waals surface area contributed by atoms with Crippen LogP contribution in [-0.4, -0.2) is 11.9 Å². The first kappa shape index (κ1) is 13.2. The molecule has 2 aromatic carbocycles. The van der Waals surface area contributed by atoms with E-state index in [0.717, 1.165) is 31.6 Å². The molecular weight excluding hydrogens is 278 g/mol. The van der Waals surface area contributed by atoms with Gasteiger partial charge >= 0.3 is 0 Å². The second kappa shape index (κ2) is 5.39. The van der Waals surface area contributed by atoms with Gasteiger partial charge in [-0.15, -0.1) is 11.8 Å². The minimum absolute atomic E-state index is 0.0236. The van der Waals surface area contributed by atoms with Crippen LogP contribution in [0.3, 0.4) is 0 Å². The van der Waals surface area contributed by atoms with Crippen LogP contribution < -0.4 is 10.5 Å². The van der Waals surface area contributed by atoms with E-state index < -0.39 is 0 Å². The van der Waals surface area contributed by atoms with E-state index in [4.69, 9.17) is 10.5 Å². The molecule has 2 heterocycles. The number of nitrogens with two attached hydrogens (primary N) is 1. The van der Waals surface area contributed by atoms with Crippen molar-refractivity contribution in [2.75, 3.05) is 6.61 Å². The second-order valence-electron chi connectivity index (χ2n) is 5.78. The van der Waals surface area contributed by atoms with Crippen molar-refractivity contribution >= 4 is 11.8 Å². The van der Waals surface area contributed by atoms with Gasteiger partial charge in [-0.1, -0.05) is 36.4 Å². The fourth-order valence-corrected chi connectivity index (χ4v) is 4.63. The van der Waals surface area contributed by atoms with Crippen LogP contribution in [0.2, 0.25) is 0 Å². The van der Waals surface area contributed by atoms with Crippen molar-refractivity contribution in [2.45, 2.75) is 35.4 Å². The zero-order chi connectivity index (χ0) is 14.2. The first-order valence-electron chi connectivity index (χ1n) is 7.57. The number of hydrogen-bond acceptors (Lipinski definition) is 3. The monoisotopic (exact) mass is 297 g/mol. The molecule has 0 bridgehead atoms. The predicted molar refractivity (Wildman–Crippen MR) is 87.0 cm³/mol. The highest BCUT2D eigenvalue weighted by molar-refractivity contribution is 8.00. The maximum absolute atomic E-state index is 6.60. The molecule has 2 unspecified atom stereocenters. The third kappa shape index (κ3) is 2.34. The average Bonchev–Trinajstić information content (AvgIpc) is 2.97. The van der Waals surface area contributed by atoms with Crippen molar-refractivity contribution in [1.29, 1.82) is 0 Å². The van der Waals surface area contributed by atoms with Gasteiger partial charge < -0.3 is 10.5 Å². The molecule has 2 N–H and O–H groups in total. The predicted octanol–water partition coefficient (Wildman–Crippen LogP) is 3.73. The molecule has 2 aromatic rings. The van der Waals surface area contributed by atoms with Crippen molar-refractivity contribution in [2.24, 2.45) is 5.73 Å². The third-order valence-electron chi connectivity index (χ3n) is 4.40. The summed E-state index contributed by atoms with van der Waals surface area (Å²) in [7, 11) is 0. The molecule has 3 heteroatoms. The Kier molecular flexibility index (Phi) is 3.40. The van der Waals surface area contributed by atoms with Crippen LogP contribution in [0, 0.1) is 0 Å². The summed E-state index contributed by atoms with van der Waals surface area (Å²) in [6, 6.07) is 15.1. The zero-order valence-corrected chi connectivity index (χ0v) is 12.7. The van der Waals surface area contributed by atoms with Crippen molar-refractivity contribution in [3.63, 3.8) is 0 Å². The van der Waals surface area contributed by atoms with Crippen molar-refractivity contribution in [3.8, 4) is 5.75 Å². The van der Waals surface area contributed by atoms with E-state index in [1.54, 1.807) is 0 Å². The number of fused-ring (bicyclic) bond motifs is 2. The van der Waals surface area contributed by atoms with Gasteiger partial charge in [0.2, 0.25) is 0 Å². The Balaban J connectivity index is 1.63. The van der Waals surface area contributed by atoms with Crippen LogP contribution >= 0.6 is 11.8 Å². The Labute approximate surface area is 129 Å². The Morgan fingerprint density at radius 2 is 1.95 bits per heavy atom. The number of benzene rings is 2. The molecule has 2 atom stereocenters. The van der Waals surface area contributed by atoms with Crippen LogP contribution in [-0.2, 0) is 12.8 Å². The van der Waals surface area contributed by atoms with E-state index in [9.17, 15) is 0 Å². The van der Waals surface area contributed by atoms with Gasteiger partial charge in [-0.2, -0.15) is 0 Å². The Morgan fingerprint density at radius 3 is 2.86 bits per heavy atom. The molecule has 2 nitrogen and oxygen atoms in total. The molecule has 0 aromatic heterocycles. The molecule has 2 aliphatic heterocycles. The van der Waals surface area contributed by atoms with Crippen molar-refractivity contribution in [1.82, 2.24) is 0 Å². The van der Waals surface area contributed by atoms with E-state index in [1.807, 2.05) is 11.8 Å². The quantitative estimate of drug-likeness (QED) is 0.917. The smallest absolute Gasteiger partial charge is 0.127 e. The minimum Gasteiger partial charge on any atom is -0.493 e. The SMILES string of the molecule is NC(c1cccc2c1OCCC2)C1Cc2ccccc2S1. The standard InChI is InChI=1S/C18H19NOS/c19-17(16-11-13-5-1-2-9-15(13)21-16)14-8-3-6-12-7-4-10-20-18(12)14/h1-3,5-6,8-9,16-17H,4,7,10-11,19H2. The number of thioether (sulfide) groups is 1. The molecule has 0 saturated carbocycles. The summed E-state index contributed by atoms with van der Waals surface area (Å²) in [5.74, 6) is 1.05. The maximum Gasteiger partial charge on any atom is 0.127 e. The first-order chi connectivity index (χ1) is 10.3. The molecule has 21 heavy (non-hydrogen) atoms. The fourth-order valence-electron chi connectivity index (χ4n) is 3.29. The summed E-state index contributed by atoms with van der Waals surface area (Å²) in [6.07, 6.45) is 3.26. The molecule has 0 saturated heterocycles.